The highest BCUT2D eigenvalue weighted by Crippen LogP contribution is 2.15. The lowest BCUT2D eigenvalue weighted by Crippen LogP contribution is -2.35. The summed E-state index contributed by atoms with van der Waals surface area (Å²) in [5.74, 6) is -0.216. The molecule has 0 heterocycles. The van der Waals surface area contributed by atoms with Gasteiger partial charge >= 0.3 is 5.97 Å². The summed E-state index contributed by atoms with van der Waals surface area (Å²) < 4.78 is 0. The maximum absolute atomic E-state index is 11.8. The molecule has 0 spiro atoms. The van der Waals surface area contributed by atoms with Crippen molar-refractivity contribution in [3.8, 4) is 0 Å². The minimum absolute atomic E-state index is 0.0285. The van der Waals surface area contributed by atoms with Crippen molar-refractivity contribution in [2.45, 2.75) is 53.4 Å². The second-order valence-corrected chi connectivity index (χ2v) is 5.35. The van der Waals surface area contributed by atoms with E-state index in [0.717, 1.165) is 19.3 Å². The Hall–Kier alpha value is -1.06. The van der Waals surface area contributed by atoms with Crippen molar-refractivity contribution in [1.82, 2.24) is 5.32 Å². The Kier molecular flexibility index (Phi) is 8.42. The fraction of sp³-hybridized carbons (Fsp3) is 0.857. The van der Waals surface area contributed by atoms with E-state index in [-0.39, 0.29) is 24.2 Å². The molecule has 0 saturated carbocycles. The van der Waals surface area contributed by atoms with Crippen molar-refractivity contribution in [2.75, 3.05) is 6.54 Å². The van der Waals surface area contributed by atoms with Crippen LogP contribution in [-0.2, 0) is 9.59 Å². The molecule has 4 nitrogen and oxygen atoms in total. The number of nitrogens with one attached hydrogen (secondary N) is 1. The molecule has 18 heavy (non-hydrogen) atoms. The monoisotopic (exact) mass is 257 g/mol. The Morgan fingerprint density at radius 1 is 1.17 bits per heavy atom. The molecule has 2 N–H and O–H groups in total. The third-order valence-electron chi connectivity index (χ3n) is 3.19. The smallest absolute Gasteiger partial charge is 0.303 e. The van der Waals surface area contributed by atoms with Gasteiger partial charge in [0, 0.05) is 18.9 Å². The fourth-order valence-electron chi connectivity index (χ4n) is 2.20. The second-order valence-electron chi connectivity index (χ2n) is 5.35. The molecule has 0 fully saturated rings. The average molecular weight is 257 g/mol. The van der Waals surface area contributed by atoms with Gasteiger partial charge in [-0.3, -0.25) is 9.59 Å². The first-order valence-electron chi connectivity index (χ1n) is 6.90. The molecule has 4 heteroatoms. The first kappa shape index (κ1) is 16.9. The highest BCUT2D eigenvalue weighted by atomic mass is 16.4. The van der Waals surface area contributed by atoms with Crippen LogP contribution in [0.2, 0.25) is 0 Å². The maximum Gasteiger partial charge on any atom is 0.303 e. The van der Waals surface area contributed by atoms with Crippen LogP contribution in [0.25, 0.3) is 0 Å². The number of rotatable bonds is 9. The van der Waals surface area contributed by atoms with Crippen LogP contribution < -0.4 is 5.32 Å². The number of carboxylic acids is 1. The molecule has 0 bridgehead atoms. The molecule has 0 unspecified atom stereocenters. The Labute approximate surface area is 110 Å². The lowest BCUT2D eigenvalue weighted by Gasteiger charge is -2.19. The van der Waals surface area contributed by atoms with Gasteiger partial charge in [0.15, 0.2) is 0 Å². The zero-order valence-electron chi connectivity index (χ0n) is 12.0. The molecular weight excluding hydrogens is 230 g/mol. The van der Waals surface area contributed by atoms with Crippen LogP contribution in [0.15, 0.2) is 0 Å². The second kappa shape index (κ2) is 8.95. The zero-order chi connectivity index (χ0) is 14.1. The van der Waals surface area contributed by atoms with Crippen LogP contribution in [0.4, 0.5) is 0 Å². The number of carboxylic acid groups (broad SMARTS) is 1. The number of carbonyl (C=O) groups is 2. The molecule has 0 saturated heterocycles. The van der Waals surface area contributed by atoms with Gasteiger partial charge in [0.2, 0.25) is 5.91 Å². The SMILES string of the molecule is CCC(CC)C(=O)NC[C@H](CC(=O)O)CC(C)C. The van der Waals surface area contributed by atoms with Gasteiger partial charge in [-0.15, -0.1) is 0 Å². The number of amides is 1. The molecule has 106 valence electrons. The van der Waals surface area contributed by atoms with E-state index in [1.54, 1.807) is 0 Å². The third kappa shape index (κ3) is 7.30. The molecule has 0 aromatic rings. The Morgan fingerprint density at radius 3 is 2.11 bits per heavy atom. The van der Waals surface area contributed by atoms with Gasteiger partial charge in [-0.1, -0.05) is 27.7 Å². The summed E-state index contributed by atoms with van der Waals surface area (Å²) in [7, 11) is 0. The van der Waals surface area contributed by atoms with Gasteiger partial charge in [-0.25, -0.2) is 0 Å². The molecule has 0 aliphatic carbocycles. The lowest BCUT2D eigenvalue weighted by atomic mass is 9.93. The van der Waals surface area contributed by atoms with Crippen molar-refractivity contribution < 1.29 is 14.7 Å². The first-order chi connectivity index (χ1) is 8.40. The molecule has 0 aliphatic heterocycles. The summed E-state index contributed by atoms with van der Waals surface area (Å²) in [5.41, 5.74) is 0. The molecule has 0 aliphatic rings. The van der Waals surface area contributed by atoms with Gasteiger partial charge < -0.3 is 10.4 Å². The lowest BCUT2D eigenvalue weighted by molar-refractivity contribution is -0.138. The van der Waals surface area contributed by atoms with E-state index < -0.39 is 5.97 Å². The normalized spacial score (nSPS) is 12.8. The number of carbonyl (C=O) groups excluding carboxylic acids is 1. The van der Waals surface area contributed by atoms with E-state index in [0.29, 0.717) is 12.5 Å². The van der Waals surface area contributed by atoms with Crippen LogP contribution in [-0.4, -0.2) is 23.5 Å². The number of hydrogen-bond acceptors (Lipinski definition) is 2. The summed E-state index contributed by atoms with van der Waals surface area (Å²) in [5, 5.41) is 11.7. The van der Waals surface area contributed by atoms with Crippen LogP contribution in [0.3, 0.4) is 0 Å². The largest absolute Gasteiger partial charge is 0.481 e. The number of aliphatic carboxylic acids is 1. The van der Waals surface area contributed by atoms with E-state index in [1.807, 2.05) is 13.8 Å². The highest BCUT2D eigenvalue weighted by Gasteiger charge is 2.18. The van der Waals surface area contributed by atoms with Crippen molar-refractivity contribution in [3.63, 3.8) is 0 Å². The Bertz CT molecular complexity index is 260. The fourth-order valence-corrected chi connectivity index (χ4v) is 2.20. The van der Waals surface area contributed by atoms with Crippen molar-refractivity contribution in [1.29, 1.82) is 0 Å². The topological polar surface area (TPSA) is 66.4 Å². The Balaban J connectivity index is 4.24. The summed E-state index contributed by atoms with van der Waals surface area (Å²) >= 11 is 0. The van der Waals surface area contributed by atoms with Gasteiger partial charge in [-0.2, -0.15) is 0 Å². The molecule has 0 aromatic heterocycles. The van der Waals surface area contributed by atoms with E-state index in [4.69, 9.17) is 5.11 Å². The molecule has 0 rings (SSSR count). The molecular formula is C14H27NO3. The zero-order valence-corrected chi connectivity index (χ0v) is 12.0. The van der Waals surface area contributed by atoms with Crippen molar-refractivity contribution in [3.05, 3.63) is 0 Å². The van der Waals surface area contributed by atoms with Crippen LogP contribution in [0.1, 0.15) is 53.4 Å². The quantitative estimate of drug-likeness (QED) is 0.667. The van der Waals surface area contributed by atoms with Crippen molar-refractivity contribution >= 4 is 11.9 Å². The first-order valence-corrected chi connectivity index (χ1v) is 6.90. The third-order valence-corrected chi connectivity index (χ3v) is 3.19. The molecule has 1 amide bonds. The minimum atomic E-state index is -0.794. The van der Waals surface area contributed by atoms with Crippen LogP contribution in [0, 0.1) is 17.8 Å². The van der Waals surface area contributed by atoms with Crippen molar-refractivity contribution in [2.24, 2.45) is 17.8 Å². The average Bonchev–Trinajstić information content (AvgIpc) is 2.26. The predicted molar refractivity (Wildman–Crippen MR) is 72.3 cm³/mol. The Morgan fingerprint density at radius 2 is 1.72 bits per heavy atom. The minimum Gasteiger partial charge on any atom is -0.481 e. The predicted octanol–water partition coefficient (Wildman–Crippen LogP) is 2.68. The molecule has 0 radical (unpaired) electrons. The van der Waals surface area contributed by atoms with E-state index in [9.17, 15) is 9.59 Å². The van der Waals surface area contributed by atoms with E-state index >= 15 is 0 Å². The van der Waals surface area contributed by atoms with E-state index in [1.165, 1.54) is 0 Å². The van der Waals surface area contributed by atoms with Gasteiger partial charge in [0.1, 0.15) is 0 Å². The summed E-state index contributed by atoms with van der Waals surface area (Å²) in [4.78, 5) is 22.6. The van der Waals surface area contributed by atoms with Gasteiger partial charge in [-0.05, 0) is 31.1 Å². The molecule has 1 atom stereocenters. The van der Waals surface area contributed by atoms with Crippen LogP contribution in [0.5, 0.6) is 0 Å². The molecule has 0 aromatic carbocycles. The van der Waals surface area contributed by atoms with Gasteiger partial charge in [0.25, 0.3) is 0 Å². The van der Waals surface area contributed by atoms with E-state index in [2.05, 4.69) is 19.2 Å². The van der Waals surface area contributed by atoms with Gasteiger partial charge in [0.05, 0.1) is 0 Å². The summed E-state index contributed by atoms with van der Waals surface area (Å²) in [6, 6.07) is 0. The summed E-state index contributed by atoms with van der Waals surface area (Å²) in [6.45, 7) is 8.60. The number of hydrogen-bond donors (Lipinski definition) is 2. The summed E-state index contributed by atoms with van der Waals surface area (Å²) in [6.07, 6.45) is 2.61. The highest BCUT2D eigenvalue weighted by molar-refractivity contribution is 5.78. The standard InChI is InChI=1S/C14H27NO3/c1-5-12(6-2)14(18)15-9-11(7-10(3)4)8-13(16)17/h10-12H,5-9H2,1-4H3,(H,15,18)(H,16,17)/t11-/m0/s1. The maximum atomic E-state index is 11.8. The van der Waals surface area contributed by atoms with Crippen LogP contribution >= 0.6 is 0 Å².